The molecule has 6 nitrogen and oxygen atoms in total. The second kappa shape index (κ2) is 10.6. The Kier molecular flexibility index (Phi) is 7.68. The van der Waals surface area contributed by atoms with Crippen molar-refractivity contribution in [2.24, 2.45) is 0 Å². The molecule has 0 aromatic heterocycles. The molecule has 3 aromatic rings. The predicted molar refractivity (Wildman–Crippen MR) is 127 cm³/mol. The van der Waals surface area contributed by atoms with Gasteiger partial charge in [-0.15, -0.1) is 11.8 Å². The van der Waals surface area contributed by atoms with E-state index in [1.807, 2.05) is 43.3 Å². The van der Waals surface area contributed by atoms with E-state index < -0.39 is 11.2 Å². The summed E-state index contributed by atoms with van der Waals surface area (Å²) >= 11 is 1.35. The molecule has 2 amide bonds. The maximum absolute atomic E-state index is 12.7. The number of benzene rings is 3. The number of thioether (sulfide) groups is 1. The average Bonchev–Trinajstić information content (AvgIpc) is 2.79. The average molecular weight is 449 g/mol. The first-order valence-corrected chi connectivity index (χ1v) is 10.9. The summed E-state index contributed by atoms with van der Waals surface area (Å²) in [5, 5.41) is 5.24. The van der Waals surface area contributed by atoms with Crippen molar-refractivity contribution in [3.05, 3.63) is 89.5 Å². The van der Waals surface area contributed by atoms with Gasteiger partial charge in [-0.1, -0.05) is 35.9 Å². The molecule has 1 unspecified atom stereocenters. The van der Waals surface area contributed by atoms with Crippen molar-refractivity contribution in [2.75, 3.05) is 17.7 Å². The number of rotatable bonds is 7. The van der Waals surface area contributed by atoms with Crippen LogP contribution in [-0.4, -0.2) is 30.1 Å². The summed E-state index contributed by atoms with van der Waals surface area (Å²) in [6.07, 6.45) is 0. The van der Waals surface area contributed by atoms with Gasteiger partial charge in [-0.2, -0.15) is 0 Å². The molecule has 164 valence electrons. The molecule has 7 heteroatoms. The van der Waals surface area contributed by atoms with Gasteiger partial charge in [-0.3, -0.25) is 9.59 Å². The second-order valence-corrected chi connectivity index (χ2v) is 8.55. The molecule has 3 aromatic carbocycles. The van der Waals surface area contributed by atoms with Crippen LogP contribution < -0.4 is 10.6 Å². The van der Waals surface area contributed by atoms with Crippen LogP contribution in [0.5, 0.6) is 0 Å². The monoisotopic (exact) mass is 448 g/mol. The molecule has 0 aliphatic carbocycles. The molecule has 0 spiro atoms. The van der Waals surface area contributed by atoms with E-state index in [0.29, 0.717) is 22.5 Å². The number of para-hydroxylation sites is 1. The number of nitrogens with one attached hydrogen (secondary N) is 2. The Balaban J connectivity index is 1.66. The number of carbonyl (C=O) groups excluding carboxylic acids is 3. The van der Waals surface area contributed by atoms with Crippen LogP contribution in [0.15, 0.2) is 77.7 Å². The lowest BCUT2D eigenvalue weighted by Crippen LogP contribution is -2.23. The van der Waals surface area contributed by atoms with Crippen molar-refractivity contribution >= 4 is 40.9 Å². The van der Waals surface area contributed by atoms with Crippen LogP contribution in [0.25, 0.3) is 0 Å². The van der Waals surface area contributed by atoms with Crippen LogP contribution in [0.2, 0.25) is 0 Å². The fourth-order valence-corrected chi connectivity index (χ4v) is 3.94. The summed E-state index contributed by atoms with van der Waals surface area (Å²) < 4.78 is 4.77. The van der Waals surface area contributed by atoms with Gasteiger partial charge in [0.05, 0.1) is 23.6 Å². The Bertz CT molecular complexity index is 1150. The van der Waals surface area contributed by atoms with Crippen LogP contribution >= 0.6 is 11.8 Å². The third-order valence-electron chi connectivity index (χ3n) is 4.64. The minimum absolute atomic E-state index is 0.193. The summed E-state index contributed by atoms with van der Waals surface area (Å²) in [6.45, 7) is 3.71. The quantitative estimate of drug-likeness (QED) is 0.386. The number of aryl methyl sites for hydroxylation is 1. The molecular formula is C25H24N2O4S. The Morgan fingerprint density at radius 3 is 2.41 bits per heavy atom. The van der Waals surface area contributed by atoms with E-state index in [1.54, 1.807) is 43.3 Å². The predicted octanol–water partition coefficient (Wildman–Crippen LogP) is 5.15. The lowest BCUT2D eigenvalue weighted by molar-refractivity contribution is -0.115. The molecule has 0 aliphatic rings. The fraction of sp³-hybridized carbons (Fsp3) is 0.160. The number of hydrogen-bond acceptors (Lipinski definition) is 5. The Labute approximate surface area is 191 Å². The van der Waals surface area contributed by atoms with Gasteiger partial charge in [0.2, 0.25) is 5.91 Å². The van der Waals surface area contributed by atoms with Crippen LogP contribution in [0.1, 0.15) is 33.2 Å². The molecule has 0 saturated carbocycles. The molecule has 32 heavy (non-hydrogen) atoms. The van der Waals surface area contributed by atoms with Crippen molar-refractivity contribution in [3.63, 3.8) is 0 Å². The zero-order chi connectivity index (χ0) is 23.1. The van der Waals surface area contributed by atoms with Crippen molar-refractivity contribution in [3.8, 4) is 0 Å². The third-order valence-corrected chi connectivity index (χ3v) is 5.74. The molecule has 0 saturated heterocycles. The van der Waals surface area contributed by atoms with E-state index in [-0.39, 0.29) is 11.8 Å². The summed E-state index contributed by atoms with van der Waals surface area (Å²) in [6, 6.07) is 21.4. The number of amides is 2. The lowest BCUT2D eigenvalue weighted by Gasteiger charge is -2.14. The molecule has 0 fully saturated rings. The fourth-order valence-electron chi connectivity index (χ4n) is 3.01. The molecule has 1 atom stereocenters. The minimum atomic E-state index is -0.516. The largest absolute Gasteiger partial charge is 0.465 e. The standard InChI is InChI=1S/C25H24N2O4S/c1-16-8-6-9-18(14-16)24(29)26-19-10-7-11-20(15-19)32-17(2)23(28)27-22-13-5-4-12-21(22)25(30)31-3/h4-15,17H,1-3H3,(H,26,29)(H,27,28). The van der Waals surface area contributed by atoms with E-state index in [9.17, 15) is 14.4 Å². The van der Waals surface area contributed by atoms with Crippen molar-refractivity contribution in [1.82, 2.24) is 0 Å². The first-order chi connectivity index (χ1) is 15.4. The Morgan fingerprint density at radius 1 is 0.906 bits per heavy atom. The molecule has 0 bridgehead atoms. The molecule has 0 aliphatic heterocycles. The van der Waals surface area contributed by atoms with Crippen LogP contribution in [0.4, 0.5) is 11.4 Å². The van der Waals surface area contributed by atoms with Crippen LogP contribution in [0, 0.1) is 6.92 Å². The van der Waals surface area contributed by atoms with Gasteiger partial charge in [-0.05, 0) is 56.3 Å². The second-order valence-electron chi connectivity index (χ2n) is 7.14. The first-order valence-electron chi connectivity index (χ1n) is 10.0. The van der Waals surface area contributed by atoms with Crippen molar-refractivity contribution < 1.29 is 19.1 Å². The van der Waals surface area contributed by atoms with Gasteiger partial charge in [0.15, 0.2) is 0 Å². The van der Waals surface area contributed by atoms with E-state index >= 15 is 0 Å². The van der Waals surface area contributed by atoms with Gasteiger partial charge in [0, 0.05) is 16.1 Å². The normalized spacial score (nSPS) is 11.3. The number of hydrogen-bond donors (Lipinski definition) is 2. The number of anilines is 2. The zero-order valence-corrected chi connectivity index (χ0v) is 18.9. The summed E-state index contributed by atoms with van der Waals surface area (Å²) in [5.74, 6) is -0.958. The highest BCUT2D eigenvalue weighted by Crippen LogP contribution is 2.27. The molecular weight excluding hydrogens is 424 g/mol. The van der Waals surface area contributed by atoms with E-state index in [2.05, 4.69) is 10.6 Å². The topological polar surface area (TPSA) is 84.5 Å². The van der Waals surface area contributed by atoms with Crippen molar-refractivity contribution in [2.45, 2.75) is 24.0 Å². The number of carbonyl (C=O) groups is 3. The van der Waals surface area contributed by atoms with Gasteiger partial charge in [-0.25, -0.2) is 4.79 Å². The van der Waals surface area contributed by atoms with E-state index in [0.717, 1.165) is 10.5 Å². The van der Waals surface area contributed by atoms with Crippen molar-refractivity contribution in [1.29, 1.82) is 0 Å². The van der Waals surface area contributed by atoms with Gasteiger partial charge < -0.3 is 15.4 Å². The maximum atomic E-state index is 12.7. The van der Waals surface area contributed by atoms with E-state index in [1.165, 1.54) is 18.9 Å². The third kappa shape index (κ3) is 5.98. The molecule has 0 radical (unpaired) electrons. The zero-order valence-electron chi connectivity index (χ0n) is 18.0. The highest BCUT2D eigenvalue weighted by molar-refractivity contribution is 8.00. The first kappa shape index (κ1) is 23.1. The SMILES string of the molecule is COC(=O)c1ccccc1NC(=O)C(C)Sc1cccc(NC(=O)c2cccc(C)c2)c1. The van der Waals surface area contributed by atoms with Gasteiger partial charge >= 0.3 is 5.97 Å². The number of ether oxygens (including phenoxy) is 1. The minimum Gasteiger partial charge on any atom is -0.465 e. The molecule has 3 rings (SSSR count). The lowest BCUT2D eigenvalue weighted by atomic mass is 10.1. The maximum Gasteiger partial charge on any atom is 0.339 e. The number of esters is 1. The Morgan fingerprint density at radius 2 is 1.66 bits per heavy atom. The summed E-state index contributed by atoms with van der Waals surface area (Å²) in [5.41, 5.74) is 2.93. The van der Waals surface area contributed by atoms with Crippen LogP contribution in [0.3, 0.4) is 0 Å². The van der Waals surface area contributed by atoms with Crippen LogP contribution in [-0.2, 0) is 9.53 Å². The highest BCUT2D eigenvalue weighted by atomic mass is 32.2. The van der Waals surface area contributed by atoms with Gasteiger partial charge in [0.1, 0.15) is 0 Å². The summed E-state index contributed by atoms with van der Waals surface area (Å²) in [7, 11) is 1.30. The molecule has 0 heterocycles. The Hall–Kier alpha value is -3.58. The smallest absolute Gasteiger partial charge is 0.339 e. The highest BCUT2D eigenvalue weighted by Gasteiger charge is 2.18. The van der Waals surface area contributed by atoms with Gasteiger partial charge in [0.25, 0.3) is 5.91 Å². The van der Waals surface area contributed by atoms with E-state index in [4.69, 9.17) is 4.74 Å². The number of methoxy groups -OCH3 is 1. The summed E-state index contributed by atoms with van der Waals surface area (Å²) in [4.78, 5) is 37.9. The molecule has 2 N–H and O–H groups in total.